The van der Waals surface area contributed by atoms with Gasteiger partial charge in [0.2, 0.25) is 0 Å². The molecule has 1 fully saturated rings. The van der Waals surface area contributed by atoms with Crippen LogP contribution in [-0.2, 0) is 4.79 Å². The molecule has 4 rings (SSSR count). The lowest BCUT2D eigenvalue weighted by Crippen LogP contribution is -2.32. The number of nitrogens with zero attached hydrogens (tertiary/aromatic N) is 1. The molecule has 2 amide bonds. The molecule has 3 aromatic carbocycles. The van der Waals surface area contributed by atoms with Crippen molar-refractivity contribution in [1.82, 2.24) is 4.90 Å². The molecular formula is C22H17NO4S. The number of aromatic hydroxyl groups is 1. The third-order valence-corrected chi connectivity index (χ3v) is 5.27. The second-order valence-corrected chi connectivity index (χ2v) is 7.25. The number of imide groups is 1. The summed E-state index contributed by atoms with van der Waals surface area (Å²) in [5, 5.41) is 11.3. The highest BCUT2D eigenvalue weighted by atomic mass is 32.2. The molecule has 0 atom stereocenters. The number of hydrogen-bond acceptors (Lipinski definition) is 5. The van der Waals surface area contributed by atoms with E-state index in [1.807, 2.05) is 42.5 Å². The summed E-state index contributed by atoms with van der Waals surface area (Å²) in [7, 11) is 0. The van der Waals surface area contributed by atoms with Crippen LogP contribution in [0.1, 0.15) is 5.56 Å². The van der Waals surface area contributed by atoms with E-state index >= 15 is 0 Å². The van der Waals surface area contributed by atoms with Gasteiger partial charge in [0.15, 0.2) is 0 Å². The van der Waals surface area contributed by atoms with Crippen LogP contribution in [0, 0.1) is 0 Å². The predicted molar refractivity (Wildman–Crippen MR) is 110 cm³/mol. The number of amides is 2. The van der Waals surface area contributed by atoms with Crippen molar-refractivity contribution in [2.24, 2.45) is 0 Å². The lowest BCUT2D eigenvalue weighted by molar-refractivity contribution is -0.123. The molecular weight excluding hydrogens is 374 g/mol. The van der Waals surface area contributed by atoms with Gasteiger partial charge in [0.25, 0.3) is 11.1 Å². The molecule has 0 bridgehead atoms. The van der Waals surface area contributed by atoms with Crippen LogP contribution in [0.15, 0.2) is 71.6 Å². The van der Waals surface area contributed by atoms with Gasteiger partial charge in [-0.2, -0.15) is 0 Å². The smallest absolute Gasteiger partial charge is 0.293 e. The summed E-state index contributed by atoms with van der Waals surface area (Å²) in [6, 6.07) is 20.2. The molecule has 5 nitrogen and oxygen atoms in total. The lowest BCUT2D eigenvalue weighted by Gasteiger charge is -2.14. The molecule has 1 saturated heterocycles. The molecule has 0 spiro atoms. The highest BCUT2D eigenvalue weighted by Gasteiger charge is 2.34. The Hall–Kier alpha value is -3.25. The summed E-state index contributed by atoms with van der Waals surface area (Å²) >= 11 is 0.893. The molecule has 0 saturated carbocycles. The highest BCUT2D eigenvalue weighted by molar-refractivity contribution is 8.18. The Morgan fingerprint density at radius 2 is 1.79 bits per heavy atom. The van der Waals surface area contributed by atoms with E-state index in [4.69, 9.17) is 4.74 Å². The van der Waals surface area contributed by atoms with Gasteiger partial charge < -0.3 is 9.84 Å². The van der Waals surface area contributed by atoms with Crippen LogP contribution in [-0.4, -0.2) is 34.3 Å². The van der Waals surface area contributed by atoms with E-state index in [2.05, 4.69) is 0 Å². The summed E-state index contributed by atoms with van der Waals surface area (Å²) in [5.41, 5.74) is 0.664. The number of phenolic OH excluding ortho intramolecular Hbond substituents is 1. The van der Waals surface area contributed by atoms with Crippen molar-refractivity contribution in [1.29, 1.82) is 0 Å². The molecule has 28 heavy (non-hydrogen) atoms. The number of thioether (sulfide) groups is 1. The largest absolute Gasteiger partial charge is 0.508 e. The molecule has 0 radical (unpaired) electrons. The second kappa shape index (κ2) is 7.78. The molecule has 1 heterocycles. The van der Waals surface area contributed by atoms with Crippen molar-refractivity contribution in [3.8, 4) is 11.5 Å². The van der Waals surface area contributed by atoms with Crippen LogP contribution in [0.5, 0.6) is 11.5 Å². The standard InChI is InChI=1S/C22H17NO4S/c24-17-8-3-5-15(13-17)14-20-21(25)23(22(26)28-20)11-12-27-19-10-4-7-16-6-1-2-9-18(16)19/h1-10,13-14,24H,11-12H2/b20-14-. The van der Waals surface area contributed by atoms with Gasteiger partial charge in [-0.1, -0.05) is 48.5 Å². The van der Waals surface area contributed by atoms with E-state index in [9.17, 15) is 14.7 Å². The Morgan fingerprint density at radius 3 is 2.64 bits per heavy atom. The van der Waals surface area contributed by atoms with E-state index in [-0.39, 0.29) is 30.0 Å². The van der Waals surface area contributed by atoms with Gasteiger partial charge in [-0.3, -0.25) is 14.5 Å². The van der Waals surface area contributed by atoms with Gasteiger partial charge in [0.1, 0.15) is 18.1 Å². The summed E-state index contributed by atoms with van der Waals surface area (Å²) in [6.07, 6.45) is 1.61. The van der Waals surface area contributed by atoms with Crippen molar-refractivity contribution in [3.63, 3.8) is 0 Å². The quantitative estimate of drug-likeness (QED) is 0.641. The summed E-state index contributed by atoms with van der Waals surface area (Å²) < 4.78 is 5.84. The van der Waals surface area contributed by atoms with Crippen LogP contribution in [0.3, 0.4) is 0 Å². The van der Waals surface area contributed by atoms with E-state index in [1.165, 1.54) is 11.0 Å². The minimum atomic E-state index is -0.347. The van der Waals surface area contributed by atoms with Crippen molar-refractivity contribution in [2.45, 2.75) is 0 Å². The maximum Gasteiger partial charge on any atom is 0.293 e. The van der Waals surface area contributed by atoms with Crippen LogP contribution in [0.2, 0.25) is 0 Å². The zero-order chi connectivity index (χ0) is 19.5. The summed E-state index contributed by atoms with van der Waals surface area (Å²) in [6.45, 7) is 0.386. The first-order valence-corrected chi connectivity index (χ1v) is 9.58. The van der Waals surface area contributed by atoms with Crippen LogP contribution in [0.4, 0.5) is 4.79 Å². The number of ether oxygens (including phenoxy) is 1. The number of hydrogen-bond donors (Lipinski definition) is 1. The molecule has 0 aromatic heterocycles. The van der Waals surface area contributed by atoms with E-state index in [0.29, 0.717) is 10.5 Å². The van der Waals surface area contributed by atoms with Crippen LogP contribution < -0.4 is 4.74 Å². The summed E-state index contributed by atoms with van der Waals surface area (Å²) in [5.74, 6) is 0.483. The number of rotatable bonds is 5. The molecule has 0 unspecified atom stereocenters. The van der Waals surface area contributed by atoms with Gasteiger partial charge in [0, 0.05) is 5.39 Å². The Balaban J connectivity index is 1.44. The maximum absolute atomic E-state index is 12.6. The Morgan fingerprint density at radius 1 is 1.00 bits per heavy atom. The van der Waals surface area contributed by atoms with Crippen molar-refractivity contribution < 1.29 is 19.4 Å². The minimum Gasteiger partial charge on any atom is -0.508 e. The van der Waals surface area contributed by atoms with Gasteiger partial charge in [-0.25, -0.2) is 0 Å². The average Bonchev–Trinajstić information content (AvgIpc) is 2.95. The molecule has 1 aliphatic heterocycles. The normalized spacial score (nSPS) is 15.6. The minimum absolute atomic E-state index is 0.108. The number of fused-ring (bicyclic) bond motifs is 1. The Kier molecular flexibility index (Phi) is 5.04. The molecule has 1 aliphatic rings. The lowest BCUT2D eigenvalue weighted by atomic mass is 10.1. The number of carbonyl (C=O) groups excluding carboxylic acids is 2. The third kappa shape index (κ3) is 3.73. The van der Waals surface area contributed by atoms with Crippen molar-refractivity contribution in [3.05, 3.63) is 77.2 Å². The fraction of sp³-hybridized carbons (Fsp3) is 0.0909. The highest BCUT2D eigenvalue weighted by Crippen LogP contribution is 2.32. The first-order valence-electron chi connectivity index (χ1n) is 8.77. The number of phenols is 1. The SMILES string of the molecule is O=C1S/C(=C\c2cccc(O)c2)C(=O)N1CCOc1cccc2ccccc12. The fourth-order valence-corrected chi connectivity index (χ4v) is 3.89. The molecule has 3 aromatic rings. The molecule has 6 heteroatoms. The first kappa shape index (κ1) is 18.1. The average molecular weight is 391 g/mol. The Labute approximate surface area is 166 Å². The van der Waals surface area contributed by atoms with E-state index in [1.54, 1.807) is 24.3 Å². The predicted octanol–water partition coefficient (Wildman–Crippen LogP) is 4.66. The number of carbonyl (C=O) groups is 2. The van der Waals surface area contributed by atoms with Gasteiger partial charge in [-0.05, 0) is 47.0 Å². The molecule has 0 aliphatic carbocycles. The number of benzene rings is 3. The fourth-order valence-electron chi connectivity index (χ4n) is 3.03. The molecule has 140 valence electrons. The zero-order valence-corrected chi connectivity index (χ0v) is 15.7. The second-order valence-electron chi connectivity index (χ2n) is 6.25. The van der Waals surface area contributed by atoms with Crippen molar-refractivity contribution >= 4 is 39.8 Å². The summed E-state index contributed by atoms with van der Waals surface area (Å²) in [4.78, 5) is 26.3. The molecule has 1 N–H and O–H groups in total. The van der Waals surface area contributed by atoms with Crippen molar-refractivity contribution in [2.75, 3.05) is 13.2 Å². The maximum atomic E-state index is 12.6. The first-order chi connectivity index (χ1) is 13.6. The monoisotopic (exact) mass is 391 g/mol. The van der Waals surface area contributed by atoms with Crippen LogP contribution in [0.25, 0.3) is 16.8 Å². The van der Waals surface area contributed by atoms with Crippen LogP contribution >= 0.6 is 11.8 Å². The van der Waals surface area contributed by atoms with Gasteiger partial charge in [0.05, 0.1) is 11.4 Å². The topological polar surface area (TPSA) is 66.8 Å². The Bertz CT molecular complexity index is 1090. The van der Waals surface area contributed by atoms with Gasteiger partial charge in [-0.15, -0.1) is 0 Å². The third-order valence-electron chi connectivity index (χ3n) is 4.36. The zero-order valence-electron chi connectivity index (χ0n) is 14.9. The van der Waals surface area contributed by atoms with Gasteiger partial charge >= 0.3 is 0 Å². The van der Waals surface area contributed by atoms with E-state index < -0.39 is 0 Å². The van der Waals surface area contributed by atoms with E-state index in [0.717, 1.165) is 28.3 Å².